The van der Waals surface area contributed by atoms with Crippen LogP contribution in [0.5, 0.6) is 0 Å². The van der Waals surface area contributed by atoms with Crippen LogP contribution in [-0.4, -0.2) is 79.8 Å². The first-order valence-electron chi connectivity index (χ1n) is 10.3. The lowest BCUT2D eigenvalue weighted by atomic mass is 10.0. The van der Waals surface area contributed by atoms with E-state index in [0.717, 1.165) is 32.0 Å². The van der Waals surface area contributed by atoms with Gasteiger partial charge in [-0.1, -0.05) is 6.92 Å². The van der Waals surface area contributed by atoms with E-state index < -0.39 is 5.60 Å². The molecule has 0 aromatic carbocycles. The topological polar surface area (TPSA) is 76.3 Å². The maximum absolute atomic E-state index is 10.5. The minimum atomic E-state index is -1.10. The molecule has 7 nitrogen and oxygen atoms in total. The number of hydrogen-bond donors (Lipinski definition) is 3. The third-order valence-corrected chi connectivity index (χ3v) is 5.05. The standard InChI is InChI=1S/C20H37N5O2.HI/c1-4-21-19(23-17-20(3,26)18-9-8-16-27-18)22-10-6-7-11-25-14-12-24(5-2)13-15-25;/h8-9,16,26H,4-7,10-15,17H2,1-3H3,(H2,21,22,23);1H. The summed E-state index contributed by atoms with van der Waals surface area (Å²) in [6.45, 7) is 15.0. The van der Waals surface area contributed by atoms with Gasteiger partial charge in [0.25, 0.3) is 0 Å². The monoisotopic (exact) mass is 507 g/mol. The number of unbranched alkanes of at least 4 members (excludes halogenated alkanes) is 1. The van der Waals surface area contributed by atoms with Crippen molar-refractivity contribution in [2.45, 2.75) is 39.2 Å². The Hall–Kier alpha value is -0.840. The number of aliphatic hydroxyl groups is 1. The molecule has 162 valence electrons. The molecule has 1 aliphatic heterocycles. The Bertz CT molecular complexity index is 543. The van der Waals surface area contributed by atoms with Crippen LogP contribution in [0.1, 0.15) is 39.4 Å². The smallest absolute Gasteiger partial charge is 0.191 e. The van der Waals surface area contributed by atoms with Crippen LogP contribution in [0.3, 0.4) is 0 Å². The van der Waals surface area contributed by atoms with Crippen molar-refractivity contribution in [2.24, 2.45) is 4.99 Å². The fraction of sp³-hybridized carbons (Fsp3) is 0.750. The van der Waals surface area contributed by atoms with Gasteiger partial charge in [-0.25, -0.2) is 4.99 Å². The molecule has 0 saturated carbocycles. The summed E-state index contributed by atoms with van der Waals surface area (Å²) in [7, 11) is 0. The summed E-state index contributed by atoms with van der Waals surface area (Å²) in [6.07, 6.45) is 3.86. The largest absolute Gasteiger partial charge is 0.466 e. The van der Waals surface area contributed by atoms with Gasteiger partial charge in [0.2, 0.25) is 0 Å². The van der Waals surface area contributed by atoms with E-state index >= 15 is 0 Å². The molecule has 2 rings (SSSR count). The minimum absolute atomic E-state index is 0. The van der Waals surface area contributed by atoms with Crippen molar-refractivity contribution in [1.29, 1.82) is 0 Å². The van der Waals surface area contributed by atoms with Crippen molar-refractivity contribution < 1.29 is 9.52 Å². The van der Waals surface area contributed by atoms with Crippen molar-refractivity contribution in [2.75, 3.05) is 58.9 Å². The lowest BCUT2D eigenvalue weighted by Gasteiger charge is -2.34. The molecule has 1 aromatic heterocycles. The van der Waals surface area contributed by atoms with Gasteiger partial charge in [-0.3, -0.25) is 0 Å². The van der Waals surface area contributed by atoms with Crippen LogP contribution in [0.15, 0.2) is 27.8 Å². The first kappa shape index (κ1) is 25.2. The molecule has 0 aliphatic carbocycles. The van der Waals surface area contributed by atoms with Crippen LogP contribution in [0.25, 0.3) is 0 Å². The Kier molecular flexibility index (Phi) is 12.1. The summed E-state index contributed by atoms with van der Waals surface area (Å²) in [5.41, 5.74) is -1.10. The van der Waals surface area contributed by atoms with Gasteiger partial charge in [0, 0.05) is 39.3 Å². The number of rotatable bonds is 10. The van der Waals surface area contributed by atoms with E-state index in [4.69, 9.17) is 4.42 Å². The second kappa shape index (κ2) is 13.4. The molecule has 1 unspecified atom stereocenters. The second-order valence-electron chi connectivity index (χ2n) is 7.36. The molecule has 2 heterocycles. The van der Waals surface area contributed by atoms with Crippen LogP contribution in [-0.2, 0) is 5.60 Å². The predicted octanol–water partition coefficient (Wildman–Crippen LogP) is 2.08. The number of piperazine rings is 1. The summed E-state index contributed by atoms with van der Waals surface area (Å²) in [5, 5.41) is 17.1. The van der Waals surface area contributed by atoms with E-state index in [1.807, 2.05) is 6.92 Å². The van der Waals surface area contributed by atoms with Crippen molar-refractivity contribution in [3.05, 3.63) is 24.2 Å². The van der Waals surface area contributed by atoms with E-state index in [1.54, 1.807) is 25.3 Å². The van der Waals surface area contributed by atoms with E-state index in [1.165, 1.54) is 39.1 Å². The highest BCUT2D eigenvalue weighted by molar-refractivity contribution is 14.0. The molecule has 1 aliphatic rings. The van der Waals surface area contributed by atoms with E-state index in [2.05, 4.69) is 32.3 Å². The average Bonchev–Trinajstić information content (AvgIpc) is 3.22. The highest BCUT2D eigenvalue weighted by Crippen LogP contribution is 2.20. The Morgan fingerprint density at radius 1 is 1.18 bits per heavy atom. The second-order valence-corrected chi connectivity index (χ2v) is 7.36. The summed E-state index contributed by atoms with van der Waals surface area (Å²) in [5.74, 6) is 1.27. The number of nitrogens with one attached hydrogen (secondary N) is 2. The Morgan fingerprint density at radius 2 is 1.89 bits per heavy atom. The van der Waals surface area contributed by atoms with Crippen molar-refractivity contribution in [1.82, 2.24) is 20.4 Å². The minimum Gasteiger partial charge on any atom is -0.466 e. The summed E-state index contributed by atoms with van der Waals surface area (Å²) < 4.78 is 5.31. The van der Waals surface area contributed by atoms with Crippen LogP contribution < -0.4 is 10.6 Å². The summed E-state index contributed by atoms with van der Waals surface area (Å²) >= 11 is 0. The fourth-order valence-corrected chi connectivity index (χ4v) is 3.23. The maximum Gasteiger partial charge on any atom is 0.191 e. The third-order valence-electron chi connectivity index (χ3n) is 5.05. The molecule has 0 bridgehead atoms. The number of hydrogen-bond acceptors (Lipinski definition) is 5. The maximum atomic E-state index is 10.5. The molecule has 0 amide bonds. The molecule has 3 N–H and O–H groups in total. The third kappa shape index (κ3) is 8.67. The first-order chi connectivity index (χ1) is 13.0. The molecule has 1 fully saturated rings. The highest BCUT2D eigenvalue weighted by atomic mass is 127. The molecule has 1 atom stereocenters. The van der Waals surface area contributed by atoms with E-state index in [0.29, 0.717) is 5.76 Å². The molecule has 1 saturated heterocycles. The molecule has 1 aromatic rings. The van der Waals surface area contributed by atoms with Gasteiger partial charge in [0.1, 0.15) is 11.4 Å². The normalized spacial score (nSPS) is 18.4. The number of likely N-dealkylation sites (N-methyl/N-ethyl adjacent to an activating group) is 1. The van der Waals surface area contributed by atoms with Gasteiger partial charge < -0.3 is 30.0 Å². The molecule has 0 spiro atoms. The van der Waals surface area contributed by atoms with Gasteiger partial charge in [-0.2, -0.15) is 0 Å². The van der Waals surface area contributed by atoms with E-state index in [9.17, 15) is 5.11 Å². The highest BCUT2D eigenvalue weighted by Gasteiger charge is 2.26. The number of nitrogens with zero attached hydrogens (tertiary/aromatic N) is 3. The number of aliphatic imine (C=N–C) groups is 1. The Labute approximate surface area is 187 Å². The number of halogens is 1. The Balaban J connectivity index is 0.00000392. The quantitative estimate of drug-likeness (QED) is 0.195. The molecular weight excluding hydrogens is 469 g/mol. The first-order valence-corrected chi connectivity index (χ1v) is 10.3. The summed E-state index contributed by atoms with van der Waals surface area (Å²) in [4.78, 5) is 9.59. The zero-order valence-corrected chi connectivity index (χ0v) is 19.9. The van der Waals surface area contributed by atoms with Crippen molar-refractivity contribution >= 4 is 29.9 Å². The Morgan fingerprint density at radius 3 is 2.50 bits per heavy atom. The fourth-order valence-electron chi connectivity index (χ4n) is 3.23. The van der Waals surface area contributed by atoms with Gasteiger partial charge in [-0.15, -0.1) is 24.0 Å². The molecule has 28 heavy (non-hydrogen) atoms. The van der Waals surface area contributed by atoms with Crippen molar-refractivity contribution in [3.63, 3.8) is 0 Å². The van der Waals surface area contributed by atoms with E-state index in [-0.39, 0.29) is 30.5 Å². The molecular formula is C20H38IN5O2. The lowest BCUT2D eigenvalue weighted by molar-refractivity contribution is 0.0437. The zero-order chi connectivity index (χ0) is 19.5. The van der Waals surface area contributed by atoms with Crippen molar-refractivity contribution in [3.8, 4) is 0 Å². The number of furan rings is 1. The predicted molar refractivity (Wildman–Crippen MR) is 125 cm³/mol. The molecule has 8 heteroatoms. The lowest BCUT2D eigenvalue weighted by Crippen LogP contribution is -2.46. The van der Waals surface area contributed by atoms with Crippen LogP contribution in [0.4, 0.5) is 0 Å². The molecule has 0 radical (unpaired) electrons. The van der Waals surface area contributed by atoms with Gasteiger partial charge in [-0.05, 0) is 51.9 Å². The van der Waals surface area contributed by atoms with Gasteiger partial charge >= 0.3 is 0 Å². The SMILES string of the molecule is CCNC(=NCC(C)(O)c1ccco1)NCCCCN1CCN(CC)CC1.I. The average molecular weight is 507 g/mol. The van der Waals surface area contributed by atoms with Crippen LogP contribution in [0, 0.1) is 0 Å². The van der Waals surface area contributed by atoms with Crippen LogP contribution >= 0.6 is 24.0 Å². The number of guanidine groups is 1. The van der Waals surface area contributed by atoms with Gasteiger partial charge in [0.05, 0.1) is 12.8 Å². The van der Waals surface area contributed by atoms with Gasteiger partial charge in [0.15, 0.2) is 5.96 Å². The zero-order valence-electron chi connectivity index (χ0n) is 17.6. The summed E-state index contributed by atoms with van der Waals surface area (Å²) in [6, 6.07) is 3.55. The van der Waals surface area contributed by atoms with Crippen LogP contribution in [0.2, 0.25) is 0 Å².